The predicted molar refractivity (Wildman–Crippen MR) is 80.4 cm³/mol. The molecule has 0 aliphatic rings. The second-order valence-electron chi connectivity index (χ2n) is 4.31. The lowest BCUT2D eigenvalue weighted by atomic mass is 10.2. The molecule has 0 unspecified atom stereocenters. The van der Waals surface area contributed by atoms with Crippen LogP contribution in [0.2, 0.25) is 10.0 Å². The third-order valence-electron chi connectivity index (χ3n) is 2.85. The molecule has 0 amide bonds. The second kappa shape index (κ2) is 6.09. The molecule has 0 fully saturated rings. The van der Waals surface area contributed by atoms with Gasteiger partial charge in [0.2, 0.25) is 0 Å². The Balaban J connectivity index is 2.17. The van der Waals surface area contributed by atoms with Crippen LogP contribution in [-0.4, -0.2) is 13.3 Å². The Labute approximate surface area is 122 Å². The highest BCUT2D eigenvalue weighted by Crippen LogP contribution is 2.27. The lowest BCUT2D eigenvalue weighted by Gasteiger charge is -2.21. The van der Waals surface area contributed by atoms with Crippen molar-refractivity contribution in [1.82, 2.24) is 0 Å². The van der Waals surface area contributed by atoms with Gasteiger partial charge in [0.05, 0.1) is 10.7 Å². The van der Waals surface area contributed by atoms with Gasteiger partial charge in [-0.3, -0.25) is 4.79 Å². The van der Waals surface area contributed by atoms with Gasteiger partial charge < -0.3 is 4.90 Å². The third kappa shape index (κ3) is 3.49. The molecule has 4 heteroatoms. The van der Waals surface area contributed by atoms with Gasteiger partial charge in [-0.05, 0) is 35.9 Å². The summed E-state index contributed by atoms with van der Waals surface area (Å²) >= 11 is 12.0. The van der Waals surface area contributed by atoms with Crippen LogP contribution in [0.5, 0.6) is 0 Å². The molecule has 0 saturated heterocycles. The Morgan fingerprint density at radius 2 is 1.79 bits per heavy atom. The van der Waals surface area contributed by atoms with E-state index in [1.165, 1.54) is 0 Å². The van der Waals surface area contributed by atoms with Crippen LogP contribution >= 0.6 is 23.2 Å². The second-order valence-corrected chi connectivity index (χ2v) is 5.15. The van der Waals surface area contributed by atoms with Gasteiger partial charge in [0, 0.05) is 24.2 Å². The lowest BCUT2D eigenvalue weighted by Crippen LogP contribution is -2.16. The van der Waals surface area contributed by atoms with Crippen molar-refractivity contribution in [2.24, 2.45) is 0 Å². The predicted octanol–water partition coefficient (Wildman–Crippen LogP) is 4.44. The molecule has 0 aromatic heterocycles. The fraction of sp³-hybridized carbons (Fsp3) is 0.133. The number of hydrogen-bond donors (Lipinski definition) is 0. The molecule has 0 aliphatic heterocycles. The summed E-state index contributed by atoms with van der Waals surface area (Å²) in [5.74, 6) is 0. The van der Waals surface area contributed by atoms with Crippen molar-refractivity contribution in [3.63, 3.8) is 0 Å². The molecule has 0 saturated carbocycles. The number of carbonyl (C=O) groups excluding carboxylic acids is 1. The van der Waals surface area contributed by atoms with Crippen LogP contribution in [0.4, 0.5) is 5.69 Å². The molecule has 98 valence electrons. The van der Waals surface area contributed by atoms with Crippen LogP contribution in [0, 0.1) is 0 Å². The monoisotopic (exact) mass is 293 g/mol. The quantitative estimate of drug-likeness (QED) is 0.777. The molecular formula is C15H13Cl2NO. The first-order valence-electron chi connectivity index (χ1n) is 5.80. The molecule has 0 spiro atoms. The van der Waals surface area contributed by atoms with Crippen molar-refractivity contribution >= 4 is 35.2 Å². The minimum Gasteiger partial charge on any atom is -0.369 e. The third-order valence-corrected chi connectivity index (χ3v) is 3.41. The molecule has 2 rings (SSSR count). The lowest BCUT2D eigenvalue weighted by molar-refractivity contribution is 0.112. The largest absolute Gasteiger partial charge is 0.369 e. The van der Waals surface area contributed by atoms with E-state index >= 15 is 0 Å². The van der Waals surface area contributed by atoms with Crippen molar-refractivity contribution < 1.29 is 4.79 Å². The Hall–Kier alpha value is -1.51. The Kier molecular flexibility index (Phi) is 4.46. The Morgan fingerprint density at radius 3 is 2.37 bits per heavy atom. The van der Waals surface area contributed by atoms with Gasteiger partial charge in [-0.15, -0.1) is 0 Å². The molecule has 0 radical (unpaired) electrons. The Morgan fingerprint density at radius 1 is 1.11 bits per heavy atom. The van der Waals surface area contributed by atoms with Crippen molar-refractivity contribution in [3.8, 4) is 0 Å². The zero-order valence-corrected chi connectivity index (χ0v) is 11.9. The number of benzene rings is 2. The smallest absolute Gasteiger partial charge is 0.150 e. The van der Waals surface area contributed by atoms with Gasteiger partial charge in [0.15, 0.2) is 0 Å². The summed E-state index contributed by atoms with van der Waals surface area (Å²) < 4.78 is 0. The van der Waals surface area contributed by atoms with E-state index in [-0.39, 0.29) is 0 Å². The highest BCUT2D eigenvalue weighted by Gasteiger charge is 2.07. The van der Waals surface area contributed by atoms with E-state index in [9.17, 15) is 4.79 Å². The fourth-order valence-corrected chi connectivity index (χ4v) is 2.31. The summed E-state index contributed by atoms with van der Waals surface area (Å²) in [6.45, 7) is 0.720. The number of halogens is 2. The van der Waals surface area contributed by atoms with E-state index in [0.717, 1.165) is 29.1 Å². The molecule has 2 nitrogen and oxygen atoms in total. The van der Waals surface area contributed by atoms with Crippen LogP contribution in [0.3, 0.4) is 0 Å². The fourth-order valence-electron chi connectivity index (χ4n) is 1.85. The van der Waals surface area contributed by atoms with Crippen molar-refractivity contribution in [2.45, 2.75) is 6.54 Å². The first-order valence-corrected chi connectivity index (χ1v) is 6.56. The van der Waals surface area contributed by atoms with Gasteiger partial charge in [-0.25, -0.2) is 0 Å². The van der Waals surface area contributed by atoms with Crippen LogP contribution < -0.4 is 4.90 Å². The van der Waals surface area contributed by atoms with Crippen molar-refractivity contribution in [2.75, 3.05) is 11.9 Å². The zero-order valence-electron chi connectivity index (χ0n) is 10.4. The topological polar surface area (TPSA) is 20.3 Å². The van der Waals surface area contributed by atoms with Gasteiger partial charge in [-0.2, -0.15) is 0 Å². The normalized spacial score (nSPS) is 10.3. The molecule has 2 aromatic carbocycles. The number of hydrogen-bond acceptors (Lipinski definition) is 2. The van der Waals surface area contributed by atoms with E-state index < -0.39 is 0 Å². The minimum atomic E-state index is 0.570. The highest BCUT2D eigenvalue weighted by molar-refractivity contribution is 6.33. The first kappa shape index (κ1) is 13.9. The van der Waals surface area contributed by atoms with Crippen LogP contribution in [0.15, 0.2) is 42.5 Å². The van der Waals surface area contributed by atoms with Gasteiger partial charge in [0.25, 0.3) is 0 Å². The van der Waals surface area contributed by atoms with Gasteiger partial charge >= 0.3 is 0 Å². The van der Waals surface area contributed by atoms with E-state index in [1.54, 1.807) is 12.1 Å². The minimum absolute atomic E-state index is 0.570. The van der Waals surface area contributed by atoms with Crippen molar-refractivity contribution in [3.05, 3.63) is 63.6 Å². The molecule has 0 aliphatic carbocycles. The van der Waals surface area contributed by atoms with Gasteiger partial charge in [-0.1, -0.05) is 35.3 Å². The van der Waals surface area contributed by atoms with E-state index in [4.69, 9.17) is 23.2 Å². The van der Waals surface area contributed by atoms with E-state index in [2.05, 4.69) is 0 Å². The number of carbonyl (C=O) groups is 1. The molecular weight excluding hydrogens is 281 g/mol. The van der Waals surface area contributed by atoms with Crippen LogP contribution in [-0.2, 0) is 6.54 Å². The average molecular weight is 294 g/mol. The van der Waals surface area contributed by atoms with Crippen LogP contribution in [0.25, 0.3) is 0 Å². The maximum absolute atomic E-state index is 10.7. The molecule has 0 N–H and O–H groups in total. The number of anilines is 1. The molecule has 0 atom stereocenters. The van der Waals surface area contributed by atoms with Crippen molar-refractivity contribution in [1.29, 1.82) is 0 Å². The Bertz CT molecular complexity index is 581. The molecule has 0 bridgehead atoms. The summed E-state index contributed by atoms with van der Waals surface area (Å²) in [7, 11) is 1.95. The van der Waals surface area contributed by atoms with E-state index in [1.807, 2.05) is 42.3 Å². The van der Waals surface area contributed by atoms with Crippen LogP contribution in [0.1, 0.15) is 15.9 Å². The zero-order chi connectivity index (χ0) is 13.8. The standard InChI is InChI=1S/C15H13Cl2NO/c1-18(9-11-2-5-13(16)6-3-11)15-7-4-12(10-19)8-14(15)17/h2-8,10H,9H2,1H3. The molecule has 0 heterocycles. The maximum atomic E-state index is 10.7. The summed E-state index contributed by atoms with van der Waals surface area (Å²) in [4.78, 5) is 12.7. The highest BCUT2D eigenvalue weighted by atomic mass is 35.5. The summed E-state index contributed by atoms with van der Waals surface area (Å²) in [5.41, 5.74) is 2.61. The molecule has 19 heavy (non-hydrogen) atoms. The SMILES string of the molecule is CN(Cc1ccc(Cl)cc1)c1ccc(C=O)cc1Cl. The summed E-state index contributed by atoms with van der Waals surface area (Å²) in [6.07, 6.45) is 0.787. The van der Waals surface area contributed by atoms with E-state index in [0.29, 0.717) is 10.6 Å². The summed E-state index contributed by atoms with van der Waals surface area (Å²) in [6, 6.07) is 13.0. The van der Waals surface area contributed by atoms with Gasteiger partial charge in [0.1, 0.15) is 6.29 Å². The maximum Gasteiger partial charge on any atom is 0.150 e. The average Bonchev–Trinajstić information content (AvgIpc) is 2.41. The number of nitrogens with zero attached hydrogens (tertiary/aromatic N) is 1. The summed E-state index contributed by atoms with van der Waals surface area (Å²) in [5, 5.41) is 1.29. The number of rotatable bonds is 4. The number of aldehydes is 1. The molecule has 2 aromatic rings. The first-order chi connectivity index (χ1) is 9.10.